The molecule has 0 bridgehead atoms. The summed E-state index contributed by atoms with van der Waals surface area (Å²) in [5, 5.41) is 16.5. The SMILES string of the molecule is COc1ccc([N+](=O)[O-])cc1NC1CCN(C(=O)c2cccc3ccccc23)CC1. The van der Waals surface area contributed by atoms with Gasteiger partial charge in [-0.25, -0.2) is 0 Å². The summed E-state index contributed by atoms with van der Waals surface area (Å²) in [4.78, 5) is 25.7. The van der Waals surface area contributed by atoms with Crippen LogP contribution in [0.2, 0.25) is 0 Å². The number of rotatable bonds is 5. The van der Waals surface area contributed by atoms with Gasteiger partial charge in [-0.05, 0) is 35.7 Å². The zero-order chi connectivity index (χ0) is 21.1. The molecule has 0 aromatic heterocycles. The van der Waals surface area contributed by atoms with E-state index < -0.39 is 4.92 Å². The number of piperidine rings is 1. The van der Waals surface area contributed by atoms with Gasteiger partial charge < -0.3 is 15.0 Å². The van der Waals surface area contributed by atoms with Crippen molar-refractivity contribution in [2.45, 2.75) is 18.9 Å². The van der Waals surface area contributed by atoms with E-state index in [0.29, 0.717) is 24.5 Å². The van der Waals surface area contributed by atoms with Gasteiger partial charge in [0.1, 0.15) is 5.75 Å². The van der Waals surface area contributed by atoms with Gasteiger partial charge in [-0.3, -0.25) is 14.9 Å². The molecule has 30 heavy (non-hydrogen) atoms. The summed E-state index contributed by atoms with van der Waals surface area (Å²) < 4.78 is 5.33. The second kappa shape index (κ2) is 8.41. The maximum absolute atomic E-state index is 13.1. The minimum Gasteiger partial charge on any atom is -0.495 e. The predicted molar refractivity (Wildman–Crippen MR) is 116 cm³/mol. The summed E-state index contributed by atoms with van der Waals surface area (Å²) in [6.07, 6.45) is 1.50. The third kappa shape index (κ3) is 3.91. The second-order valence-electron chi connectivity index (χ2n) is 7.38. The van der Waals surface area contributed by atoms with Crippen molar-refractivity contribution in [2.75, 3.05) is 25.5 Å². The molecule has 3 aromatic carbocycles. The first-order valence-electron chi connectivity index (χ1n) is 9.93. The average Bonchev–Trinajstić information content (AvgIpc) is 2.78. The van der Waals surface area contributed by atoms with Crippen LogP contribution in [0.15, 0.2) is 60.7 Å². The van der Waals surface area contributed by atoms with E-state index >= 15 is 0 Å². The molecule has 1 heterocycles. The first kappa shape index (κ1) is 19.7. The first-order chi connectivity index (χ1) is 14.6. The number of nitrogens with one attached hydrogen (secondary N) is 1. The highest BCUT2D eigenvalue weighted by atomic mass is 16.6. The van der Waals surface area contributed by atoms with Crippen LogP contribution in [-0.4, -0.2) is 42.0 Å². The van der Waals surface area contributed by atoms with Crippen LogP contribution < -0.4 is 10.1 Å². The highest BCUT2D eigenvalue weighted by Crippen LogP contribution is 2.31. The summed E-state index contributed by atoms with van der Waals surface area (Å²) in [5.41, 5.74) is 1.34. The van der Waals surface area contributed by atoms with Crippen LogP contribution in [-0.2, 0) is 0 Å². The quantitative estimate of drug-likeness (QED) is 0.500. The number of methoxy groups -OCH3 is 1. The van der Waals surface area contributed by atoms with Crippen molar-refractivity contribution >= 4 is 28.1 Å². The molecule has 0 aliphatic carbocycles. The molecular formula is C23H23N3O4. The van der Waals surface area contributed by atoms with Crippen molar-refractivity contribution in [2.24, 2.45) is 0 Å². The highest BCUT2D eigenvalue weighted by molar-refractivity contribution is 6.07. The number of benzene rings is 3. The van der Waals surface area contributed by atoms with Crippen molar-refractivity contribution in [3.05, 3.63) is 76.3 Å². The molecule has 1 fully saturated rings. The van der Waals surface area contributed by atoms with Crippen molar-refractivity contribution in [3.8, 4) is 5.75 Å². The zero-order valence-electron chi connectivity index (χ0n) is 16.7. The van der Waals surface area contributed by atoms with Gasteiger partial charge in [0.2, 0.25) is 0 Å². The number of nitro groups is 1. The van der Waals surface area contributed by atoms with Gasteiger partial charge in [0, 0.05) is 36.8 Å². The number of hydrogen-bond acceptors (Lipinski definition) is 5. The number of fused-ring (bicyclic) bond motifs is 1. The third-order valence-electron chi connectivity index (χ3n) is 5.56. The molecule has 1 aliphatic heterocycles. The fourth-order valence-corrected chi connectivity index (χ4v) is 3.95. The van der Waals surface area contributed by atoms with Crippen molar-refractivity contribution < 1.29 is 14.5 Å². The van der Waals surface area contributed by atoms with E-state index in [0.717, 1.165) is 29.2 Å². The molecule has 3 aromatic rings. The average molecular weight is 405 g/mol. The highest BCUT2D eigenvalue weighted by Gasteiger charge is 2.25. The fourth-order valence-electron chi connectivity index (χ4n) is 3.95. The molecule has 154 valence electrons. The number of nitro benzene ring substituents is 1. The molecule has 7 heteroatoms. The minimum atomic E-state index is -0.421. The Labute approximate surface area is 174 Å². The van der Waals surface area contributed by atoms with Crippen molar-refractivity contribution in [1.82, 2.24) is 4.90 Å². The molecule has 0 atom stereocenters. The summed E-state index contributed by atoms with van der Waals surface area (Å²) in [6.45, 7) is 1.24. The predicted octanol–water partition coefficient (Wildman–Crippen LogP) is 4.47. The van der Waals surface area contributed by atoms with Gasteiger partial charge in [0.25, 0.3) is 11.6 Å². The van der Waals surface area contributed by atoms with E-state index in [1.165, 1.54) is 19.2 Å². The topological polar surface area (TPSA) is 84.7 Å². The molecule has 7 nitrogen and oxygen atoms in total. The van der Waals surface area contributed by atoms with Crippen molar-refractivity contribution in [1.29, 1.82) is 0 Å². The number of nitrogens with zero attached hydrogens (tertiary/aromatic N) is 2. The van der Waals surface area contributed by atoms with Crippen LogP contribution in [0.3, 0.4) is 0 Å². The molecule has 1 saturated heterocycles. The van der Waals surface area contributed by atoms with Crippen LogP contribution in [0.4, 0.5) is 11.4 Å². The lowest BCUT2D eigenvalue weighted by atomic mass is 10.0. The van der Waals surface area contributed by atoms with E-state index in [9.17, 15) is 14.9 Å². The van der Waals surface area contributed by atoms with Gasteiger partial charge >= 0.3 is 0 Å². The lowest BCUT2D eigenvalue weighted by Gasteiger charge is -2.33. The fraction of sp³-hybridized carbons (Fsp3) is 0.261. The van der Waals surface area contributed by atoms with Crippen LogP contribution >= 0.6 is 0 Å². The van der Waals surface area contributed by atoms with Gasteiger partial charge in [-0.1, -0.05) is 36.4 Å². The molecule has 1 aliphatic rings. The molecular weight excluding hydrogens is 382 g/mol. The number of carbonyl (C=O) groups is 1. The minimum absolute atomic E-state index is 0.0156. The first-order valence-corrected chi connectivity index (χ1v) is 9.93. The van der Waals surface area contributed by atoms with Crippen LogP contribution in [0.25, 0.3) is 10.8 Å². The van der Waals surface area contributed by atoms with Crippen LogP contribution in [0.1, 0.15) is 23.2 Å². The van der Waals surface area contributed by atoms with E-state index in [1.54, 1.807) is 6.07 Å². The van der Waals surface area contributed by atoms with Gasteiger partial charge in [0.05, 0.1) is 17.7 Å². The Morgan fingerprint density at radius 1 is 1.10 bits per heavy atom. The summed E-state index contributed by atoms with van der Waals surface area (Å²) >= 11 is 0. The normalized spacial score (nSPS) is 14.5. The standard InChI is InChI=1S/C23H23N3O4/c1-30-22-10-9-18(26(28)29)15-21(22)24-17-11-13-25(14-12-17)23(27)20-8-4-6-16-5-2-3-7-19(16)20/h2-10,15,17,24H,11-14H2,1H3. The van der Waals surface area contributed by atoms with Gasteiger partial charge in [-0.2, -0.15) is 0 Å². The van der Waals surface area contributed by atoms with E-state index in [1.807, 2.05) is 47.4 Å². The third-order valence-corrected chi connectivity index (χ3v) is 5.56. The maximum Gasteiger partial charge on any atom is 0.271 e. The zero-order valence-corrected chi connectivity index (χ0v) is 16.7. The molecule has 0 radical (unpaired) electrons. The summed E-state index contributed by atoms with van der Waals surface area (Å²) in [5.74, 6) is 0.605. The van der Waals surface area contributed by atoms with E-state index in [4.69, 9.17) is 4.74 Å². The Morgan fingerprint density at radius 2 is 1.83 bits per heavy atom. The maximum atomic E-state index is 13.1. The molecule has 0 saturated carbocycles. The smallest absolute Gasteiger partial charge is 0.271 e. The molecule has 4 rings (SSSR count). The lowest BCUT2D eigenvalue weighted by molar-refractivity contribution is -0.384. The van der Waals surface area contributed by atoms with Crippen molar-refractivity contribution in [3.63, 3.8) is 0 Å². The number of likely N-dealkylation sites (tertiary alicyclic amines) is 1. The second-order valence-corrected chi connectivity index (χ2v) is 7.38. The molecule has 0 unspecified atom stereocenters. The largest absolute Gasteiger partial charge is 0.495 e. The number of amides is 1. The molecule has 1 amide bonds. The Kier molecular flexibility index (Phi) is 5.52. The van der Waals surface area contributed by atoms with Gasteiger partial charge in [-0.15, -0.1) is 0 Å². The van der Waals surface area contributed by atoms with Gasteiger partial charge in [0.15, 0.2) is 0 Å². The number of carbonyl (C=O) groups excluding carboxylic acids is 1. The monoisotopic (exact) mass is 405 g/mol. The van der Waals surface area contributed by atoms with Crippen LogP contribution in [0, 0.1) is 10.1 Å². The lowest BCUT2D eigenvalue weighted by Crippen LogP contribution is -2.42. The number of non-ortho nitro benzene ring substituents is 1. The Bertz CT molecular complexity index is 1090. The van der Waals surface area contributed by atoms with E-state index in [-0.39, 0.29) is 17.6 Å². The number of hydrogen-bond donors (Lipinski definition) is 1. The van der Waals surface area contributed by atoms with Crippen LogP contribution in [0.5, 0.6) is 5.75 Å². The molecule has 0 spiro atoms. The molecule has 1 N–H and O–H groups in total. The summed E-state index contributed by atoms with van der Waals surface area (Å²) in [7, 11) is 1.54. The number of anilines is 1. The Balaban J connectivity index is 1.45. The summed E-state index contributed by atoms with van der Waals surface area (Å²) in [6, 6.07) is 18.3. The van der Waals surface area contributed by atoms with E-state index in [2.05, 4.69) is 5.32 Å². The Morgan fingerprint density at radius 3 is 2.57 bits per heavy atom. The Hall–Kier alpha value is -3.61. The number of ether oxygens (including phenoxy) is 1.